The molecule has 0 aliphatic heterocycles. The fourth-order valence-corrected chi connectivity index (χ4v) is 1.89. The van der Waals surface area contributed by atoms with Crippen molar-refractivity contribution in [1.82, 2.24) is 14.8 Å². The van der Waals surface area contributed by atoms with E-state index in [1.807, 2.05) is 23.6 Å². The number of hydrogen-bond donors (Lipinski definition) is 0. The third-order valence-corrected chi connectivity index (χ3v) is 2.85. The van der Waals surface area contributed by atoms with Crippen molar-refractivity contribution >= 4 is 11.6 Å². The lowest BCUT2D eigenvalue weighted by atomic mass is 10.1. The summed E-state index contributed by atoms with van der Waals surface area (Å²) in [4.78, 5) is 0. The van der Waals surface area contributed by atoms with Gasteiger partial charge in [-0.3, -0.25) is 4.57 Å². The quantitative estimate of drug-likeness (QED) is 0.819. The van der Waals surface area contributed by atoms with Gasteiger partial charge in [0.15, 0.2) is 0 Å². The highest BCUT2D eigenvalue weighted by Gasteiger charge is 2.09. The highest BCUT2D eigenvalue weighted by atomic mass is 35.5. The molecule has 2 aromatic rings. The van der Waals surface area contributed by atoms with Crippen LogP contribution in [-0.4, -0.2) is 14.8 Å². The van der Waals surface area contributed by atoms with E-state index in [0.29, 0.717) is 5.28 Å². The van der Waals surface area contributed by atoms with Gasteiger partial charge in [0.1, 0.15) is 5.82 Å². The first-order chi connectivity index (χ1) is 7.76. The Morgan fingerprint density at radius 1 is 1.06 bits per heavy atom. The van der Waals surface area contributed by atoms with Gasteiger partial charge in [-0.05, 0) is 35.7 Å². The van der Waals surface area contributed by atoms with Gasteiger partial charge >= 0.3 is 0 Å². The second-order valence-corrected chi connectivity index (χ2v) is 3.93. The van der Waals surface area contributed by atoms with Gasteiger partial charge in [0.05, 0.1) is 0 Å². The Kier molecular flexibility index (Phi) is 3.25. The molecule has 0 radical (unpaired) electrons. The average Bonchev–Trinajstić information content (AvgIpc) is 2.70. The third kappa shape index (κ3) is 1.95. The SMILES string of the molecule is CCc1ccc(-n2c(Cl)nnc2CC)cc1. The second kappa shape index (κ2) is 4.66. The first kappa shape index (κ1) is 11.1. The van der Waals surface area contributed by atoms with Crippen LogP contribution in [-0.2, 0) is 12.8 Å². The Morgan fingerprint density at radius 2 is 1.75 bits per heavy atom. The highest BCUT2D eigenvalue weighted by molar-refractivity contribution is 6.28. The van der Waals surface area contributed by atoms with Crippen molar-refractivity contribution in [2.24, 2.45) is 0 Å². The molecular formula is C12H14ClN3. The maximum atomic E-state index is 6.02. The van der Waals surface area contributed by atoms with Gasteiger partial charge < -0.3 is 0 Å². The Morgan fingerprint density at radius 3 is 2.31 bits per heavy atom. The van der Waals surface area contributed by atoms with Crippen LogP contribution in [0, 0.1) is 0 Å². The lowest BCUT2D eigenvalue weighted by molar-refractivity contribution is 0.882. The lowest BCUT2D eigenvalue weighted by Gasteiger charge is -2.07. The zero-order valence-electron chi connectivity index (χ0n) is 9.44. The van der Waals surface area contributed by atoms with Crippen LogP contribution in [0.5, 0.6) is 0 Å². The number of benzene rings is 1. The lowest BCUT2D eigenvalue weighted by Crippen LogP contribution is -2.00. The van der Waals surface area contributed by atoms with Crippen LogP contribution in [0.4, 0.5) is 0 Å². The van der Waals surface area contributed by atoms with Crippen molar-refractivity contribution in [1.29, 1.82) is 0 Å². The number of halogens is 1. The standard InChI is InChI=1S/C12H14ClN3/c1-3-9-5-7-10(8-6-9)16-11(4-2)14-15-12(16)13/h5-8H,3-4H2,1-2H3. The Balaban J connectivity index is 2.45. The van der Waals surface area contributed by atoms with Crippen molar-refractivity contribution < 1.29 is 0 Å². The van der Waals surface area contributed by atoms with Crippen molar-refractivity contribution in [3.63, 3.8) is 0 Å². The van der Waals surface area contributed by atoms with Crippen molar-refractivity contribution in [2.45, 2.75) is 26.7 Å². The molecule has 1 aromatic heterocycles. The molecule has 2 rings (SSSR count). The fraction of sp³-hybridized carbons (Fsp3) is 0.333. The molecule has 0 aliphatic carbocycles. The van der Waals surface area contributed by atoms with Gasteiger partial charge in [0, 0.05) is 12.1 Å². The molecule has 0 amide bonds. The summed E-state index contributed by atoms with van der Waals surface area (Å²) in [5.74, 6) is 0.884. The maximum absolute atomic E-state index is 6.02. The number of rotatable bonds is 3. The zero-order chi connectivity index (χ0) is 11.5. The largest absolute Gasteiger partial charge is 0.270 e. The topological polar surface area (TPSA) is 30.7 Å². The van der Waals surface area contributed by atoms with E-state index in [0.717, 1.165) is 24.4 Å². The number of aryl methyl sites for hydroxylation is 2. The molecule has 16 heavy (non-hydrogen) atoms. The van der Waals surface area contributed by atoms with Gasteiger partial charge in [0.25, 0.3) is 0 Å². The molecule has 0 spiro atoms. The van der Waals surface area contributed by atoms with Crippen LogP contribution in [0.15, 0.2) is 24.3 Å². The molecule has 0 atom stereocenters. The molecule has 4 heteroatoms. The van der Waals surface area contributed by atoms with E-state index in [2.05, 4.69) is 29.3 Å². The second-order valence-electron chi connectivity index (χ2n) is 3.59. The predicted octanol–water partition coefficient (Wildman–Crippen LogP) is 3.05. The fourth-order valence-electron chi connectivity index (χ4n) is 1.66. The van der Waals surface area contributed by atoms with Gasteiger partial charge in [-0.1, -0.05) is 26.0 Å². The van der Waals surface area contributed by atoms with Crippen LogP contribution >= 0.6 is 11.6 Å². The van der Waals surface area contributed by atoms with E-state index >= 15 is 0 Å². The minimum atomic E-state index is 0.418. The van der Waals surface area contributed by atoms with Crippen LogP contribution in [0.2, 0.25) is 5.28 Å². The molecule has 3 nitrogen and oxygen atoms in total. The first-order valence-electron chi connectivity index (χ1n) is 5.45. The van der Waals surface area contributed by atoms with E-state index in [1.54, 1.807) is 0 Å². The molecule has 0 aliphatic rings. The molecule has 1 heterocycles. The summed E-state index contributed by atoms with van der Waals surface area (Å²) in [6.07, 6.45) is 1.85. The van der Waals surface area contributed by atoms with E-state index in [4.69, 9.17) is 11.6 Å². The average molecular weight is 236 g/mol. The molecule has 0 saturated carbocycles. The summed E-state index contributed by atoms with van der Waals surface area (Å²) < 4.78 is 1.88. The molecular weight excluding hydrogens is 222 g/mol. The molecule has 1 aromatic carbocycles. The number of aromatic nitrogens is 3. The minimum Gasteiger partial charge on any atom is -0.270 e. The van der Waals surface area contributed by atoms with Crippen LogP contribution < -0.4 is 0 Å². The summed E-state index contributed by atoms with van der Waals surface area (Å²) in [7, 11) is 0. The Hall–Kier alpha value is -1.35. The van der Waals surface area contributed by atoms with Gasteiger partial charge in [-0.15, -0.1) is 10.2 Å². The zero-order valence-corrected chi connectivity index (χ0v) is 10.2. The monoisotopic (exact) mass is 235 g/mol. The molecule has 0 unspecified atom stereocenters. The molecule has 0 saturated heterocycles. The van der Waals surface area contributed by atoms with Crippen LogP contribution in [0.3, 0.4) is 0 Å². The Labute approximate surface area is 100 Å². The number of hydrogen-bond acceptors (Lipinski definition) is 2. The molecule has 0 bridgehead atoms. The summed E-state index contributed by atoms with van der Waals surface area (Å²) in [5.41, 5.74) is 2.33. The van der Waals surface area contributed by atoms with Gasteiger partial charge in [0.2, 0.25) is 5.28 Å². The van der Waals surface area contributed by atoms with Crippen molar-refractivity contribution in [3.8, 4) is 5.69 Å². The Bertz CT molecular complexity index is 474. The summed E-state index contributed by atoms with van der Waals surface area (Å²) in [5, 5.41) is 8.34. The third-order valence-electron chi connectivity index (χ3n) is 2.61. The highest BCUT2D eigenvalue weighted by Crippen LogP contribution is 2.18. The predicted molar refractivity (Wildman–Crippen MR) is 65.1 cm³/mol. The van der Waals surface area contributed by atoms with Gasteiger partial charge in [-0.25, -0.2) is 0 Å². The van der Waals surface area contributed by atoms with Crippen LogP contribution in [0.25, 0.3) is 5.69 Å². The van der Waals surface area contributed by atoms with E-state index in [-0.39, 0.29) is 0 Å². The van der Waals surface area contributed by atoms with Gasteiger partial charge in [-0.2, -0.15) is 0 Å². The maximum Gasteiger partial charge on any atom is 0.229 e. The molecule has 0 N–H and O–H groups in total. The van der Waals surface area contributed by atoms with E-state index < -0.39 is 0 Å². The van der Waals surface area contributed by atoms with Crippen molar-refractivity contribution in [2.75, 3.05) is 0 Å². The smallest absolute Gasteiger partial charge is 0.229 e. The molecule has 84 valence electrons. The van der Waals surface area contributed by atoms with Crippen molar-refractivity contribution in [3.05, 3.63) is 40.9 Å². The summed E-state index contributed by atoms with van der Waals surface area (Å²) in [6, 6.07) is 8.30. The molecule has 0 fully saturated rings. The van der Waals surface area contributed by atoms with Crippen LogP contribution in [0.1, 0.15) is 25.2 Å². The number of nitrogens with zero attached hydrogens (tertiary/aromatic N) is 3. The minimum absolute atomic E-state index is 0.418. The normalized spacial score (nSPS) is 10.7. The summed E-state index contributed by atoms with van der Waals surface area (Å²) in [6.45, 7) is 4.18. The van der Waals surface area contributed by atoms with E-state index in [9.17, 15) is 0 Å². The van der Waals surface area contributed by atoms with E-state index in [1.165, 1.54) is 5.56 Å². The first-order valence-corrected chi connectivity index (χ1v) is 5.83. The summed E-state index contributed by atoms with van der Waals surface area (Å²) >= 11 is 6.02.